The number of piperidine rings is 1. The first kappa shape index (κ1) is 15.9. The van der Waals surface area contributed by atoms with Crippen LogP contribution in [0.25, 0.3) is 11.3 Å². The number of rotatable bonds is 4. The molecule has 3 aromatic heterocycles. The number of aromatic nitrogens is 4. The van der Waals surface area contributed by atoms with E-state index in [-0.39, 0.29) is 0 Å². The fourth-order valence-electron chi connectivity index (χ4n) is 3.49. The molecular weight excluding hydrogens is 314 g/mol. The molecule has 0 aromatic carbocycles. The predicted octanol–water partition coefficient (Wildman–Crippen LogP) is 3.21. The second-order valence-electron chi connectivity index (χ2n) is 6.55. The quantitative estimate of drug-likeness (QED) is 0.729. The first-order valence-corrected chi connectivity index (χ1v) is 8.65. The summed E-state index contributed by atoms with van der Waals surface area (Å²) >= 11 is 0. The lowest BCUT2D eigenvalue weighted by Crippen LogP contribution is -2.34. The minimum Gasteiger partial charge on any atom is -0.356 e. The molecule has 1 aliphatic rings. The molecule has 0 radical (unpaired) electrons. The zero-order chi connectivity index (χ0) is 17.1. The summed E-state index contributed by atoms with van der Waals surface area (Å²) in [5, 5.41) is 4.00. The summed E-state index contributed by atoms with van der Waals surface area (Å²) in [5.74, 6) is 1.11. The molecule has 0 aliphatic carbocycles. The normalized spacial score (nSPS) is 18.4. The molecule has 0 spiro atoms. The molecule has 4 heterocycles. The van der Waals surface area contributed by atoms with E-state index in [0.29, 0.717) is 5.92 Å². The van der Waals surface area contributed by atoms with Gasteiger partial charge in [0, 0.05) is 37.5 Å². The van der Waals surface area contributed by atoms with Crippen LogP contribution in [0, 0.1) is 6.92 Å². The Morgan fingerprint density at radius 1 is 1.28 bits per heavy atom. The Labute approximate surface area is 146 Å². The number of nitrogens with zero attached hydrogens (tertiary/aromatic N) is 5. The minimum atomic E-state index is 0.362. The van der Waals surface area contributed by atoms with Gasteiger partial charge in [-0.2, -0.15) is 0 Å². The molecule has 128 valence electrons. The Balaban J connectivity index is 1.56. The molecule has 1 atom stereocenters. The van der Waals surface area contributed by atoms with E-state index in [0.717, 1.165) is 60.9 Å². The molecule has 4 rings (SSSR count). The van der Waals surface area contributed by atoms with E-state index in [1.165, 1.54) is 0 Å². The third-order valence-electron chi connectivity index (χ3n) is 4.64. The Morgan fingerprint density at radius 2 is 2.24 bits per heavy atom. The fourth-order valence-corrected chi connectivity index (χ4v) is 3.49. The predicted molar refractivity (Wildman–Crippen MR) is 93.8 cm³/mol. The van der Waals surface area contributed by atoms with Gasteiger partial charge in [0.2, 0.25) is 0 Å². The molecule has 1 fully saturated rings. The molecule has 3 aromatic rings. The third-order valence-corrected chi connectivity index (χ3v) is 4.64. The number of hydrogen-bond acceptors (Lipinski definition) is 6. The highest BCUT2D eigenvalue weighted by Crippen LogP contribution is 2.33. The van der Waals surface area contributed by atoms with Gasteiger partial charge in [0.25, 0.3) is 0 Å². The highest BCUT2D eigenvalue weighted by molar-refractivity contribution is 5.60. The first-order chi connectivity index (χ1) is 12.3. The summed E-state index contributed by atoms with van der Waals surface area (Å²) in [6, 6.07) is 8.02. The largest absolute Gasteiger partial charge is 0.356 e. The van der Waals surface area contributed by atoms with Gasteiger partial charge in [-0.3, -0.25) is 9.88 Å². The molecule has 25 heavy (non-hydrogen) atoms. The van der Waals surface area contributed by atoms with Gasteiger partial charge in [0.05, 0.1) is 22.6 Å². The highest BCUT2D eigenvalue weighted by Gasteiger charge is 2.26. The molecule has 0 bridgehead atoms. The average molecular weight is 335 g/mol. The van der Waals surface area contributed by atoms with Gasteiger partial charge in [-0.1, -0.05) is 11.2 Å². The van der Waals surface area contributed by atoms with Crippen molar-refractivity contribution in [1.29, 1.82) is 0 Å². The van der Waals surface area contributed by atoms with Gasteiger partial charge in [0.1, 0.15) is 6.33 Å². The van der Waals surface area contributed by atoms with E-state index in [1.54, 1.807) is 6.33 Å². The summed E-state index contributed by atoms with van der Waals surface area (Å²) in [5.41, 5.74) is 3.98. The van der Waals surface area contributed by atoms with Crippen molar-refractivity contribution in [2.75, 3.05) is 13.1 Å². The molecule has 1 saturated heterocycles. The standard InChI is InChI=1S/C19H21N5O/c1-14-9-18(25-23-14)17-10-20-13-22-19(17)15-5-4-8-24(11-15)12-16-6-2-3-7-21-16/h2-3,6-7,9-10,13,15H,4-5,8,11-12H2,1H3. The lowest BCUT2D eigenvalue weighted by atomic mass is 9.91. The van der Waals surface area contributed by atoms with E-state index in [2.05, 4.69) is 31.1 Å². The van der Waals surface area contributed by atoms with Crippen molar-refractivity contribution < 1.29 is 4.52 Å². The second kappa shape index (κ2) is 7.11. The van der Waals surface area contributed by atoms with Crippen LogP contribution >= 0.6 is 0 Å². The van der Waals surface area contributed by atoms with Crippen LogP contribution in [0.3, 0.4) is 0 Å². The van der Waals surface area contributed by atoms with Crippen LogP contribution in [0.2, 0.25) is 0 Å². The van der Waals surface area contributed by atoms with Crippen molar-refractivity contribution in [2.24, 2.45) is 0 Å². The van der Waals surface area contributed by atoms with E-state index < -0.39 is 0 Å². The van der Waals surface area contributed by atoms with Crippen molar-refractivity contribution in [3.63, 3.8) is 0 Å². The molecule has 1 aliphatic heterocycles. The summed E-state index contributed by atoms with van der Waals surface area (Å²) in [6.07, 6.45) is 7.58. The Bertz CT molecular complexity index is 833. The van der Waals surface area contributed by atoms with E-state index in [4.69, 9.17) is 4.52 Å². The smallest absolute Gasteiger partial charge is 0.170 e. The van der Waals surface area contributed by atoms with Gasteiger partial charge in [0.15, 0.2) is 5.76 Å². The van der Waals surface area contributed by atoms with Gasteiger partial charge in [-0.05, 0) is 38.4 Å². The van der Waals surface area contributed by atoms with Crippen molar-refractivity contribution >= 4 is 0 Å². The third kappa shape index (κ3) is 3.58. The number of aryl methyl sites for hydroxylation is 1. The summed E-state index contributed by atoms with van der Waals surface area (Å²) in [6.45, 7) is 4.85. The van der Waals surface area contributed by atoms with Crippen LogP contribution in [0.4, 0.5) is 0 Å². The van der Waals surface area contributed by atoms with Crippen LogP contribution in [0.1, 0.15) is 35.8 Å². The van der Waals surface area contributed by atoms with Gasteiger partial charge >= 0.3 is 0 Å². The lowest BCUT2D eigenvalue weighted by Gasteiger charge is -2.32. The van der Waals surface area contributed by atoms with Crippen LogP contribution in [-0.2, 0) is 6.54 Å². The number of likely N-dealkylation sites (tertiary alicyclic amines) is 1. The molecule has 6 heteroatoms. The molecule has 0 N–H and O–H groups in total. The lowest BCUT2D eigenvalue weighted by molar-refractivity contribution is 0.196. The van der Waals surface area contributed by atoms with Crippen LogP contribution in [0.15, 0.2) is 47.5 Å². The van der Waals surface area contributed by atoms with Crippen LogP contribution in [-0.4, -0.2) is 38.1 Å². The maximum absolute atomic E-state index is 5.45. The Kier molecular flexibility index (Phi) is 4.52. The van der Waals surface area contributed by atoms with E-state index in [9.17, 15) is 0 Å². The molecule has 0 amide bonds. The van der Waals surface area contributed by atoms with Crippen molar-refractivity contribution in [3.8, 4) is 11.3 Å². The van der Waals surface area contributed by atoms with E-state index >= 15 is 0 Å². The molecular formula is C19H21N5O. The SMILES string of the molecule is Cc1cc(-c2cncnc2C2CCCN(Cc3ccccn3)C2)on1. The zero-order valence-corrected chi connectivity index (χ0v) is 14.3. The average Bonchev–Trinajstić information content (AvgIpc) is 3.09. The number of hydrogen-bond donors (Lipinski definition) is 0. The van der Waals surface area contributed by atoms with Gasteiger partial charge < -0.3 is 4.52 Å². The Morgan fingerprint density at radius 3 is 3.04 bits per heavy atom. The minimum absolute atomic E-state index is 0.362. The van der Waals surface area contributed by atoms with Gasteiger partial charge in [-0.25, -0.2) is 9.97 Å². The fraction of sp³-hybridized carbons (Fsp3) is 0.368. The zero-order valence-electron chi connectivity index (χ0n) is 14.3. The van der Waals surface area contributed by atoms with Crippen molar-refractivity contribution in [1.82, 2.24) is 25.0 Å². The van der Waals surface area contributed by atoms with Crippen molar-refractivity contribution in [2.45, 2.75) is 32.2 Å². The van der Waals surface area contributed by atoms with Gasteiger partial charge in [-0.15, -0.1) is 0 Å². The second-order valence-corrected chi connectivity index (χ2v) is 6.55. The van der Waals surface area contributed by atoms with Crippen LogP contribution in [0.5, 0.6) is 0 Å². The summed E-state index contributed by atoms with van der Waals surface area (Å²) in [4.78, 5) is 15.7. The Hall–Kier alpha value is -2.60. The summed E-state index contributed by atoms with van der Waals surface area (Å²) in [7, 11) is 0. The van der Waals surface area contributed by atoms with Crippen molar-refractivity contribution in [3.05, 3.63) is 60.1 Å². The maximum atomic E-state index is 5.45. The van der Waals surface area contributed by atoms with E-state index in [1.807, 2.05) is 37.5 Å². The highest BCUT2D eigenvalue weighted by atomic mass is 16.5. The number of pyridine rings is 1. The molecule has 0 saturated carbocycles. The molecule has 1 unspecified atom stereocenters. The monoisotopic (exact) mass is 335 g/mol. The van der Waals surface area contributed by atoms with Crippen LogP contribution < -0.4 is 0 Å². The first-order valence-electron chi connectivity index (χ1n) is 8.65. The molecule has 6 nitrogen and oxygen atoms in total. The summed E-state index contributed by atoms with van der Waals surface area (Å²) < 4.78 is 5.45. The topological polar surface area (TPSA) is 67.9 Å². The maximum Gasteiger partial charge on any atom is 0.170 e.